The normalized spacial score (nSPS) is 28.7. The molecule has 0 amide bonds. The molecule has 0 spiro atoms. The minimum absolute atomic E-state index is 0.0248. The fourth-order valence-corrected chi connectivity index (χ4v) is 8.98. The number of aliphatic hydroxyl groups is 1. The summed E-state index contributed by atoms with van der Waals surface area (Å²) in [6.07, 6.45) is -3.95. The summed E-state index contributed by atoms with van der Waals surface area (Å²) in [6.45, 7) is 4.64. The average Bonchev–Trinajstić information content (AvgIpc) is 3.30. The van der Waals surface area contributed by atoms with Crippen LogP contribution in [-0.4, -0.2) is 72.3 Å². The lowest BCUT2D eigenvalue weighted by atomic mass is 9.51. The number of benzene rings is 1. The third-order valence-corrected chi connectivity index (χ3v) is 11.6. The van der Waals surface area contributed by atoms with E-state index < -0.39 is 60.4 Å². The van der Waals surface area contributed by atoms with Crippen LogP contribution < -0.4 is 4.74 Å². The summed E-state index contributed by atoms with van der Waals surface area (Å²) in [5, 5.41) is 10.9. The lowest BCUT2D eigenvalue weighted by molar-refractivity contribution is -0.396. The Kier molecular flexibility index (Phi) is 12.6. The van der Waals surface area contributed by atoms with Gasteiger partial charge in [-0.1, -0.05) is 38.7 Å². The molecule has 1 aromatic carbocycles. The van der Waals surface area contributed by atoms with Crippen LogP contribution in [0.4, 0.5) is 43.9 Å². The largest absolute Gasteiger partial charge is 0.460 e. The van der Waals surface area contributed by atoms with Gasteiger partial charge in [0.25, 0.3) is 0 Å². The number of hydrogen-bond acceptors (Lipinski definition) is 4. The van der Waals surface area contributed by atoms with Gasteiger partial charge in [0.1, 0.15) is 11.9 Å². The van der Waals surface area contributed by atoms with E-state index in [-0.39, 0.29) is 30.1 Å². The third-order valence-electron chi connectivity index (χ3n) is 11.6. The van der Waals surface area contributed by atoms with Gasteiger partial charge in [0.15, 0.2) is 0 Å². The second-order valence-electron chi connectivity index (χ2n) is 15.1. The van der Waals surface area contributed by atoms with Gasteiger partial charge in [0, 0.05) is 19.3 Å². The highest BCUT2D eigenvalue weighted by Crippen LogP contribution is 2.63. The molecule has 0 heterocycles. The molecule has 286 valence electrons. The molecule has 2 fully saturated rings. The predicted molar refractivity (Wildman–Crippen MR) is 167 cm³/mol. The number of carbonyl (C=O) groups excluding carboxylic acids is 1. The summed E-state index contributed by atoms with van der Waals surface area (Å²) in [4.78, 5) is 13.6. The number of aliphatic hydroxyl groups excluding tert-OH is 1. The maximum Gasteiger partial charge on any atom is 0.460 e. The van der Waals surface area contributed by atoms with Crippen LogP contribution in [0.1, 0.15) is 108 Å². The fourth-order valence-electron chi connectivity index (χ4n) is 8.98. The fraction of sp³-hybridized carbons (Fsp3) is 0.806. The van der Waals surface area contributed by atoms with Gasteiger partial charge in [0.2, 0.25) is 0 Å². The van der Waals surface area contributed by atoms with Gasteiger partial charge in [-0.15, -0.1) is 0 Å². The van der Waals surface area contributed by atoms with Crippen molar-refractivity contribution < 1.29 is 58.5 Å². The van der Waals surface area contributed by atoms with Crippen molar-refractivity contribution in [3.05, 3.63) is 29.3 Å². The lowest BCUT2D eigenvalue weighted by Crippen LogP contribution is -2.60. The van der Waals surface area contributed by atoms with Gasteiger partial charge in [-0.3, -0.25) is 4.79 Å². The first-order valence-electron chi connectivity index (χ1n) is 17.7. The van der Waals surface area contributed by atoms with Gasteiger partial charge in [0.05, 0.1) is 6.10 Å². The third kappa shape index (κ3) is 8.26. The number of nitrogens with zero attached hydrogens (tertiary/aromatic N) is 1. The minimum Gasteiger partial charge on any atom is -0.427 e. The molecule has 7 atom stereocenters. The van der Waals surface area contributed by atoms with Gasteiger partial charge >= 0.3 is 29.9 Å². The Balaban J connectivity index is 1.23. The highest BCUT2D eigenvalue weighted by atomic mass is 19.4. The first kappa shape index (κ1) is 40.7. The number of unbranched alkanes of at least 4 members (excludes halogenated alkanes) is 5. The topological polar surface area (TPSA) is 49.8 Å². The molecule has 4 nitrogen and oxygen atoms in total. The predicted octanol–water partition coefficient (Wildman–Crippen LogP) is 9.91. The Morgan fingerprint density at radius 1 is 0.920 bits per heavy atom. The van der Waals surface area contributed by atoms with E-state index in [4.69, 9.17) is 4.74 Å². The Bertz CT molecular complexity index is 1310. The molecule has 3 aliphatic carbocycles. The van der Waals surface area contributed by atoms with Gasteiger partial charge in [-0.25, -0.2) is 4.39 Å². The van der Waals surface area contributed by atoms with E-state index >= 15 is 4.39 Å². The van der Waals surface area contributed by atoms with Crippen LogP contribution in [0.15, 0.2) is 18.2 Å². The van der Waals surface area contributed by atoms with Crippen LogP contribution in [0.3, 0.4) is 0 Å². The van der Waals surface area contributed by atoms with Crippen LogP contribution in [0.25, 0.3) is 0 Å². The number of halogens is 10. The summed E-state index contributed by atoms with van der Waals surface area (Å²) in [7, 11) is 1.87. The molecule has 0 saturated heterocycles. The van der Waals surface area contributed by atoms with Crippen LogP contribution in [0.5, 0.6) is 5.75 Å². The van der Waals surface area contributed by atoms with E-state index in [0.29, 0.717) is 38.0 Å². The van der Waals surface area contributed by atoms with Gasteiger partial charge in [-0.05, 0) is 118 Å². The quantitative estimate of drug-likeness (QED) is 0.0796. The molecule has 50 heavy (non-hydrogen) atoms. The molecule has 2 saturated carbocycles. The zero-order valence-electron chi connectivity index (χ0n) is 28.8. The van der Waals surface area contributed by atoms with Crippen molar-refractivity contribution in [2.24, 2.45) is 23.2 Å². The molecule has 0 unspecified atom stereocenters. The lowest BCUT2D eigenvalue weighted by Gasteiger charge is -2.54. The Hall–Kier alpha value is -2.09. The van der Waals surface area contributed by atoms with Crippen LogP contribution in [-0.2, 0) is 11.2 Å². The number of ether oxygens (including phenoxy) is 1. The summed E-state index contributed by atoms with van der Waals surface area (Å²) in [6, 6.07) is 5.47. The maximum absolute atomic E-state index is 16.1. The molecule has 14 heteroatoms. The standard InChI is InChI=1S/C36H49F10NO3/c1-22(48)50-25-12-13-26-24(20-25)19-23(30-27-14-15-29(49)32(27,2)21-28(37)31(26)30)11-7-6-10-18-47(3)17-9-5-4-8-16-33(38,39)34(40,41)35(42,43)36(44,45)46/h12-13,20,23,27-31,49H,4-11,14-19,21H2,1-3H3/t23-,27+,28+,29+,30+,31+,32+/m1/s1. The van der Waals surface area contributed by atoms with Gasteiger partial charge in [-0.2, -0.15) is 39.5 Å². The van der Waals surface area contributed by atoms with Gasteiger partial charge < -0.3 is 14.7 Å². The molecule has 0 aliphatic heterocycles. The van der Waals surface area contributed by atoms with E-state index in [1.807, 2.05) is 31.0 Å². The number of carbonyl (C=O) groups is 1. The van der Waals surface area contributed by atoms with Crippen molar-refractivity contribution in [2.45, 2.75) is 139 Å². The van der Waals surface area contributed by atoms with Crippen molar-refractivity contribution in [2.75, 3.05) is 20.1 Å². The first-order chi connectivity index (χ1) is 23.1. The summed E-state index contributed by atoms with van der Waals surface area (Å²) in [5.41, 5.74) is 1.50. The number of rotatable bonds is 16. The monoisotopic (exact) mass is 733 g/mol. The van der Waals surface area contributed by atoms with E-state index in [2.05, 4.69) is 0 Å². The molecular weight excluding hydrogens is 684 g/mol. The van der Waals surface area contributed by atoms with Crippen molar-refractivity contribution in [1.29, 1.82) is 0 Å². The van der Waals surface area contributed by atoms with Crippen LogP contribution in [0.2, 0.25) is 0 Å². The first-order valence-corrected chi connectivity index (χ1v) is 17.7. The minimum atomic E-state index is -6.85. The summed E-state index contributed by atoms with van der Waals surface area (Å²) in [5.74, 6) is -18.7. The number of hydrogen-bond donors (Lipinski definition) is 1. The Morgan fingerprint density at radius 2 is 1.54 bits per heavy atom. The molecule has 4 rings (SSSR count). The molecule has 0 aromatic heterocycles. The molecule has 0 bridgehead atoms. The molecule has 0 radical (unpaired) electrons. The van der Waals surface area contributed by atoms with Crippen molar-refractivity contribution in [3.63, 3.8) is 0 Å². The molecule has 3 aliphatic rings. The van der Waals surface area contributed by atoms with E-state index in [1.54, 1.807) is 6.07 Å². The number of alkyl halides is 10. The highest BCUT2D eigenvalue weighted by Gasteiger charge is 2.81. The maximum atomic E-state index is 16.1. The van der Waals surface area contributed by atoms with E-state index in [0.717, 1.165) is 56.2 Å². The Labute approximate surface area is 287 Å². The molecular formula is C36H49F10NO3. The molecule has 1 N–H and O–H groups in total. The second kappa shape index (κ2) is 15.5. The number of fused-ring (bicyclic) bond motifs is 5. The molecule has 1 aromatic rings. The van der Waals surface area contributed by atoms with Crippen molar-refractivity contribution in [1.82, 2.24) is 4.90 Å². The zero-order chi connectivity index (χ0) is 37.3. The number of esters is 1. The van der Waals surface area contributed by atoms with Crippen molar-refractivity contribution in [3.8, 4) is 5.75 Å². The summed E-state index contributed by atoms with van der Waals surface area (Å²) < 4.78 is 139. The van der Waals surface area contributed by atoms with Crippen LogP contribution >= 0.6 is 0 Å². The second-order valence-corrected chi connectivity index (χ2v) is 15.1. The summed E-state index contributed by atoms with van der Waals surface area (Å²) >= 11 is 0. The van der Waals surface area contributed by atoms with Crippen molar-refractivity contribution >= 4 is 5.97 Å². The smallest absolute Gasteiger partial charge is 0.427 e. The SMILES string of the molecule is CC(=O)Oc1ccc2c(c1)C[C@@H](CCCCCN(C)CCCCCCC(F)(F)C(F)(F)C(F)(F)C(F)(F)F)[C@@H]1[C@@H]2[C@@H](F)C[C@]2(C)[C@@H](O)CC[C@@H]12. The average molecular weight is 734 g/mol. The van der Waals surface area contributed by atoms with Crippen LogP contribution in [0, 0.1) is 23.2 Å². The Morgan fingerprint density at radius 3 is 2.16 bits per heavy atom. The van der Waals surface area contributed by atoms with E-state index in [1.165, 1.54) is 6.92 Å². The highest BCUT2D eigenvalue weighted by molar-refractivity contribution is 5.69. The zero-order valence-corrected chi connectivity index (χ0v) is 28.8. The van der Waals surface area contributed by atoms with E-state index in [9.17, 15) is 49.4 Å².